The van der Waals surface area contributed by atoms with Crippen LogP contribution >= 0.6 is 0 Å². The van der Waals surface area contributed by atoms with E-state index < -0.39 is 6.04 Å². The Morgan fingerprint density at radius 2 is 2.05 bits per heavy atom. The minimum Gasteiger partial charge on any atom is -0.467 e. The molecule has 2 aromatic rings. The number of amides is 1. The van der Waals surface area contributed by atoms with Gasteiger partial charge >= 0.3 is 0 Å². The monoisotopic (exact) mass is 288 g/mol. The first-order chi connectivity index (χ1) is 10.2. The van der Waals surface area contributed by atoms with E-state index in [1.165, 1.54) is 0 Å². The molecule has 1 amide bonds. The van der Waals surface area contributed by atoms with Crippen molar-refractivity contribution >= 4 is 5.91 Å². The number of ether oxygens (including phenoxy) is 1. The summed E-state index contributed by atoms with van der Waals surface area (Å²) in [7, 11) is 1.58. The molecule has 0 aliphatic rings. The van der Waals surface area contributed by atoms with E-state index in [4.69, 9.17) is 14.9 Å². The van der Waals surface area contributed by atoms with E-state index in [9.17, 15) is 4.79 Å². The second-order valence-electron chi connectivity index (χ2n) is 4.76. The van der Waals surface area contributed by atoms with Gasteiger partial charge in [-0.15, -0.1) is 0 Å². The molecule has 21 heavy (non-hydrogen) atoms. The number of benzene rings is 1. The highest BCUT2D eigenvalue weighted by Gasteiger charge is 2.22. The Kier molecular flexibility index (Phi) is 5.54. The van der Waals surface area contributed by atoms with Crippen LogP contribution < -0.4 is 11.1 Å². The molecule has 0 saturated heterocycles. The van der Waals surface area contributed by atoms with Gasteiger partial charge in [0.1, 0.15) is 11.8 Å². The van der Waals surface area contributed by atoms with Crippen molar-refractivity contribution in [3.8, 4) is 0 Å². The molecule has 0 aliphatic carbocycles. The van der Waals surface area contributed by atoms with E-state index in [1.54, 1.807) is 19.4 Å². The molecule has 2 unspecified atom stereocenters. The van der Waals surface area contributed by atoms with Crippen LogP contribution in [0.2, 0.25) is 0 Å². The lowest BCUT2D eigenvalue weighted by molar-refractivity contribution is -0.123. The zero-order valence-corrected chi connectivity index (χ0v) is 12.0. The number of furan rings is 1. The Morgan fingerprint density at radius 3 is 2.67 bits per heavy atom. The van der Waals surface area contributed by atoms with E-state index in [0.29, 0.717) is 18.8 Å². The average Bonchev–Trinajstić information content (AvgIpc) is 3.04. The minimum absolute atomic E-state index is 0.225. The highest BCUT2D eigenvalue weighted by atomic mass is 16.5. The first-order valence-electron chi connectivity index (χ1n) is 6.85. The highest BCUT2D eigenvalue weighted by molar-refractivity contribution is 5.82. The van der Waals surface area contributed by atoms with Crippen LogP contribution in [-0.4, -0.2) is 25.7 Å². The minimum atomic E-state index is -0.605. The van der Waals surface area contributed by atoms with Crippen molar-refractivity contribution in [2.24, 2.45) is 5.73 Å². The summed E-state index contributed by atoms with van der Waals surface area (Å²) in [4.78, 5) is 12.2. The summed E-state index contributed by atoms with van der Waals surface area (Å²) in [5.41, 5.74) is 6.80. The molecule has 0 fully saturated rings. The van der Waals surface area contributed by atoms with E-state index >= 15 is 0 Å². The summed E-state index contributed by atoms with van der Waals surface area (Å²) in [6.07, 6.45) is 2.06. The number of carbonyl (C=O) groups is 1. The Bertz CT molecular complexity index is 540. The Labute approximate surface area is 124 Å². The summed E-state index contributed by atoms with van der Waals surface area (Å²) >= 11 is 0. The lowest BCUT2D eigenvalue weighted by atomic mass is 10.0. The fourth-order valence-electron chi connectivity index (χ4n) is 2.04. The predicted molar refractivity (Wildman–Crippen MR) is 79.6 cm³/mol. The zero-order chi connectivity index (χ0) is 15.1. The topological polar surface area (TPSA) is 77.5 Å². The third kappa shape index (κ3) is 4.18. The summed E-state index contributed by atoms with van der Waals surface area (Å²) in [5, 5.41) is 2.93. The zero-order valence-electron chi connectivity index (χ0n) is 12.0. The number of hydrogen-bond donors (Lipinski definition) is 2. The molecule has 2 rings (SSSR count). The Hall–Kier alpha value is -2.11. The summed E-state index contributed by atoms with van der Waals surface area (Å²) in [5.74, 6) is 0.450. The number of hydrogen-bond acceptors (Lipinski definition) is 4. The fourth-order valence-corrected chi connectivity index (χ4v) is 2.04. The van der Waals surface area contributed by atoms with Gasteiger partial charge < -0.3 is 20.2 Å². The van der Waals surface area contributed by atoms with Crippen LogP contribution in [0, 0.1) is 0 Å². The number of nitrogens with one attached hydrogen (secondary N) is 1. The van der Waals surface area contributed by atoms with Crippen LogP contribution in [0.5, 0.6) is 0 Å². The Balaban J connectivity index is 2.12. The molecule has 0 spiro atoms. The van der Waals surface area contributed by atoms with E-state index in [0.717, 1.165) is 5.56 Å². The molecule has 0 saturated carbocycles. The van der Waals surface area contributed by atoms with E-state index in [1.807, 2.05) is 36.4 Å². The van der Waals surface area contributed by atoms with Crippen LogP contribution in [0.3, 0.4) is 0 Å². The normalized spacial score (nSPS) is 13.6. The van der Waals surface area contributed by atoms with Crippen molar-refractivity contribution in [3.63, 3.8) is 0 Å². The van der Waals surface area contributed by atoms with Crippen molar-refractivity contribution in [2.75, 3.05) is 13.7 Å². The lowest BCUT2D eigenvalue weighted by Crippen LogP contribution is -2.43. The maximum atomic E-state index is 12.2. The van der Waals surface area contributed by atoms with Crippen LogP contribution in [-0.2, 0) is 9.53 Å². The number of carbonyl (C=O) groups excluding carboxylic acids is 1. The van der Waals surface area contributed by atoms with Gasteiger partial charge in [-0.05, 0) is 24.1 Å². The smallest absolute Gasteiger partial charge is 0.237 e. The third-order valence-electron chi connectivity index (χ3n) is 3.22. The first-order valence-corrected chi connectivity index (χ1v) is 6.85. The van der Waals surface area contributed by atoms with Gasteiger partial charge in [0.25, 0.3) is 0 Å². The number of methoxy groups -OCH3 is 1. The maximum absolute atomic E-state index is 12.2. The first kappa shape index (κ1) is 15.3. The van der Waals surface area contributed by atoms with Crippen LogP contribution in [0.4, 0.5) is 0 Å². The highest BCUT2D eigenvalue weighted by Crippen LogP contribution is 2.22. The van der Waals surface area contributed by atoms with Gasteiger partial charge in [0.15, 0.2) is 0 Å². The van der Waals surface area contributed by atoms with E-state index in [-0.39, 0.29) is 11.9 Å². The summed E-state index contributed by atoms with van der Waals surface area (Å²) in [6, 6.07) is 12.3. The fraction of sp³-hybridized carbons (Fsp3) is 0.312. The summed E-state index contributed by atoms with van der Waals surface area (Å²) in [6.45, 7) is 0.450. The molecule has 0 aliphatic heterocycles. The standard InChI is InChI=1S/C16H20N2O3/c1-20-11-9-13(17)16(19)18-15(14-8-5-10-21-14)12-6-3-2-4-7-12/h2-8,10,13,15H,9,11,17H2,1H3,(H,18,19). The summed E-state index contributed by atoms with van der Waals surface area (Å²) < 4.78 is 10.4. The molecule has 1 aromatic carbocycles. The van der Waals surface area contributed by atoms with Crippen molar-refractivity contribution < 1.29 is 13.9 Å². The van der Waals surface area contributed by atoms with Gasteiger partial charge in [0.05, 0.1) is 12.3 Å². The second-order valence-corrected chi connectivity index (χ2v) is 4.76. The number of nitrogens with two attached hydrogens (primary N) is 1. The SMILES string of the molecule is COCCC(N)C(=O)NC(c1ccccc1)c1ccco1. The molecule has 5 heteroatoms. The molecule has 2 atom stereocenters. The maximum Gasteiger partial charge on any atom is 0.237 e. The molecule has 3 N–H and O–H groups in total. The largest absolute Gasteiger partial charge is 0.467 e. The molecule has 1 aromatic heterocycles. The van der Waals surface area contributed by atoms with Crippen LogP contribution in [0.1, 0.15) is 23.8 Å². The molecule has 5 nitrogen and oxygen atoms in total. The van der Waals surface area contributed by atoms with Gasteiger partial charge in [-0.3, -0.25) is 4.79 Å². The van der Waals surface area contributed by atoms with Crippen LogP contribution in [0.15, 0.2) is 53.1 Å². The van der Waals surface area contributed by atoms with Crippen molar-refractivity contribution in [2.45, 2.75) is 18.5 Å². The quantitative estimate of drug-likeness (QED) is 0.815. The van der Waals surface area contributed by atoms with Crippen molar-refractivity contribution in [1.29, 1.82) is 0 Å². The Morgan fingerprint density at radius 1 is 1.29 bits per heavy atom. The third-order valence-corrected chi connectivity index (χ3v) is 3.22. The van der Waals surface area contributed by atoms with Gasteiger partial charge in [-0.1, -0.05) is 30.3 Å². The molecule has 0 bridgehead atoms. The van der Waals surface area contributed by atoms with Gasteiger partial charge in [-0.25, -0.2) is 0 Å². The molecular weight excluding hydrogens is 268 g/mol. The molecular formula is C16H20N2O3. The second kappa shape index (κ2) is 7.61. The van der Waals surface area contributed by atoms with Crippen LogP contribution in [0.25, 0.3) is 0 Å². The molecule has 112 valence electrons. The van der Waals surface area contributed by atoms with Crippen molar-refractivity contribution in [1.82, 2.24) is 5.32 Å². The van der Waals surface area contributed by atoms with Gasteiger partial charge in [0.2, 0.25) is 5.91 Å². The average molecular weight is 288 g/mol. The van der Waals surface area contributed by atoms with E-state index in [2.05, 4.69) is 5.32 Å². The molecule has 1 heterocycles. The van der Waals surface area contributed by atoms with Crippen molar-refractivity contribution in [3.05, 3.63) is 60.1 Å². The van der Waals surface area contributed by atoms with Gasteiger partial charge in [0, 0.05) is 13.7 Å². The molecule has 0 radical (unpaired) electrons. The van der Waals surface area contributed by atoms with Gasteiger partial charge in [-0.2, -0.15) is 0 Å². The number of rotatable bonds is 7. The predicted octanol–water partition coefficient (Wildman–Crippen LogP) is 1.85. The lowest BCUT2D eigenvalue weighted by Gasteiger charge is -2.19.